The van der Waals surface area contributed by atoms with Crippen molar-refractivity contribution in [3.63, 3.8) is 0 Å². The van der Waals surface area contributed by atoms with Crippen molar-refractivity contribution >= 4 is 17.9 Å². The Labute approximate surface area is 314 Å². The third-order valence-corrected chi connectivity index (χ3v) is 9.17. The highest BCUT2D eigenvalue weighted by Gasteiger charge is 2.13. The second-order valence-electron chi connectivity index (χ2n) is 14.5. The lowest BCUT2D eigenvalue weighted by Crippen LogP contribution is -2.28. The van der Waals surface area contributed by atoms with Crippen LogP contribution in [-0.2, 0) is 28.6 Å². The molecule has 0 unspecified atom stereocenters. The van der Waals surface area contributed by atoms with Gasteiger partial charge in [0, 0.05) is 32.5 Å². The van der Waals surface area contributed by atoms with Crippen LogP contribution in [0.15, 0.2) is 24.3 Å². The fourth-order valence-electron chi connectivity index (χ4n) is 5.85. The van der Waals surface area contributed by atoms with Crippen LogP contribution in [0.25, 0.3) is 0 Å². The van der Waals surface area contributed by atoms with Gasteiger partial charge in [-0.05, 0) is 71.4 Å². The molecule has 0 heterocycles. The maximum Gasteiger partial charge on any atom is 0.307 e. The SMILES string of the molecule is CCCCCC/C=C\COC(=O)CCCCCCCC(CCCCCCCC(=O)OC/C=C\CCCCCC)COC(=O)CCNCCN(C)C. The van der Waals surface area contributed by atoms with Crippen LogP contribution in [0.1, 0.15) is 174 Å². The number of hydrogen-bond acceptors (Lipinski definition) is 8. The second-order valence-corrected chi connectivity index (χ2v) is 14.5. The van der Waals surface area contributed by atoms with Gasteiger partial charge in [-0.3, -0.25) is 14.4 Å². The van der Waals surface area contributed by atoms with Gasteiger partial charge < -0.3 is 24.4 Å². The maximum atomic E-state index is 12.4. The summed E-state index contributed by atoms with van der Waals surface area (Å²) in [6, 6.07) is 0. The maximum absolute atomic E-state index is 12.4. The van der Waals surface area contributed by atoms with Crippen molar-refractivity contribution in [2.45, 2.75) is 174 Å². The highest BCUT2D eigenvalue weighted by molar-refractivity contribution is 5.70. The first kappa shape index (κ1) is 48.8. The Morgan fingerprint density at radius 2 is 0.980 bits per heavy atom. The number of allylic oxidation sites excluding steroid dienone is 2. The van der Waals surface area contributed by atoms with Gasteiger partial charge in [-0.2, -0.15) is 0 Å². The van der Waals surface area contributed by atoms with Gasteiger partial charge in [0.2, 0.25) is 0 Å². The number of rotatable bonds is 38. The summed E-state index contributed by atoms with van der Waals surface area (Å²) in [4.78, 5) is 38.6. The molecule has 0 aromatic heterocycles. The smallest absolute Gasteiger partial charge is 0.307 e. The van der Waals surface area contributed by atoms with Gasteiger partial charge in [-0.25, -0.2) is 0 Å². The third kappa shape index (κ3) is 38.9. The van der Waals surface area contributed by atoms with Crippen LogP contribution in [0.3, 0.4) is 0 Å². The minimum absolute atomic E-state index is 0.100. The summed E-state index contributed by atoms with van der Waals surface area (Å²) < 4.78 is 16.4. The molecule has 1 N–H and O–H groups in total. The van der Waals surface area contributed by atoms with Gasteiger partial charge in [-0.15, -0.1) is 0 Å². The lowest BCUT2D eigenvalue weighted by molar-refractivity contribution is -0.145. The summed E-state index contributed by atoms with van der Waals surface area (Å²) >= 11 is 0. The number of unbranched alkanes of at least 4 members (excludes halogenated alkanes) is 16. The van der Waals surface area contributed by atoms with Gasteiger partial charge in [0.05, 0.1) is 13.0 Å². The van der Waals surface area contributed by atoms with Crippen molar-refractivity contribution in [1.29, 1.82) is 0 Å². The predicted octanol–water partition coefficient (Wildman–Crippen LogP) is 10.3. The van der Waals surface area contributed by atoms with E-state index < -0.39 is 0 Å². The van der Waals surface area contributed by atoms with E-state index >= 15 is 0 Å². The molecule has 0 bridgehead atoms. The average molecular weight is 721 g/mol. The molecule has 0 saturated carbocycles. The second kappa shape index (κ2) is 39.0. The number of likely N-dealkylation sites (N-methyl/N-ethyl adjacent to an activating group) is 1. The zero-order valence-corrected chi connectivity index (χ0v) is 33.7. The molecule has 0 aliphatic heterocycles. The van der Waals surface area contributed by atoms with Crippen molar-refractivity contribution in [1.82, 2.24) is 10.2 Å². The molecule has 0 aliphatic rings. The molecule has 0 saturated heterocycles. The summed E-state index contributed by atoms with van der Waals surface area (Å²) in [5.41, 5.74) is 0. The zero-order valence-electron chi connectivity index (χ0n) is 33.7. The van der Waals surface area contributed by atoms with Crippen LogP contribution in [0.2, 0.25) is 0 Å². The highest BCUT2D eigenvalue weighted by Crippen LogP contribution is 2.20. The predicted molar refractivity (Wildman–Crippen MR) is 213 cm³/mol. The molecular formula is C43H80N2O6. The van der Waals surface area contributed by atoms with E-state index in [1.807, 2.05) is 26.2 Å². The minimum atomic E-state index is -0.124. The first-order valence-corrected chi connectivity index (χ1v) is 21.0. The van der Waals surface area contributed by atoms with Gasteiger partial charge in [0.25, 0.3) is 0 Å². The average Bonchev–Trinajstić information content (AvgIpc) is 3.11. The molecule has 0 aromatic carbocycles. The molecular weight excluding hydrogens is 640 g/mol. The lowest BCUT2D eigenvalue weighted by atomic mass is 9.94. The van der Waals surface area contributed by atoms with E-state index in [0.717, 1.165) is 103 Å². The van der Waals surface area contributed by atoms with Crippen LogP contribution in [0, 0.1) is 5.92 Å². The highest BCUT2D eigenvalue weighted by atomic mass is 16.5. The van der Waals surface area contributed by atoms with E-state index in [1.165, 1.54) is 51.4 Å². The molecule has 0 fully saturated rings. The zero-order chi connectivity index (χ0) is 37.5. The lowest BCUT2D eigenvalue weighted by Gasteiger charge is -2.17. The number of nitrogens with zero attached hydrogens (tertiary/aromatic N) is 1. The van der Waals surface area contributed by atoms with Crippen molar-refractivity contribution in [2.75, 3.05) is 53.6 Å². The molecule has 0 spiro atoms. The summed E-state index contributed by atoms with van der Waals surface area (Å²) in [6.07, 6.45) is 34.3. The standard InChI is InChI=1S/C43H80N2O6/c1-5-7-9-11-13-21-27-37-49-41(46)31-25-19-15-17-23-29-40(39-51-43(48)33-34-44-35-36-45(3)4)30-24-18-16-20-26-32-42(47)50-38-28-22-14-12-10-8-6-2/h21-22,27-28,40,44H,5-20,23-26,29-39H2,1-4H3/b27-21-,28-22-. The Balaban J connectivity index is 4.21. The van der Waals surface area contributed by atoms with E-state index in [2.05, 4.69) is 36.2 Å². The normalized spacial score (nSPS) is 11.7. The van der Waals surface area contributed by atoms with Gasteiger partial charge in [-0.1, -0.05) is 128 Å². The van der Waals surface area contributed by atoms with E-state index in [0.29, 0.717) is 51.5 Å². The Hall–Kier alpha value is -2.19. The monoisotopic (exact) mass is 721 g/mol. The first-order valence-electron chi connectivity index (χ1n) is 21.0. The molecule has 8 heteroatoms. The van der Waals surface area contributed by atoms with Gasteiger partial charge in [0.1, 0.15) is 13.2 Å². The van der Waals surface area contributed by atoms with Crippen LogP contribution >= 0.6 is 0 Å². The molecule has 8 nitrogen and oxygen atoms in total. The number of ether oxygens (including phenoxy) is 3. The van der Waals surface area contributed by atoms with Gasteiger partial charge >= 0.3 is 17.9 Å². The van der Waals surface area contributed by atoms with E-state index in [1.54, 1.807) is 0 Å². The number of nitrogens with one attached hydrogen (secondary N) is 1. The fourth-order valence-corrected chi connectivity index (χ4v) is 5.85. The Morgan fingerprint density at radius 3 is 1.47 bits per heavy atom. The molecule has 0 aromatic rings. The number of esters is 3. The Bertz CT molecular complexity index is 807. The van der Waals surface area contributed by atoms with Crippen LogP contribution in [0.4, 0.5) is 0 Å². The summed E-state index contributed by atoms with van der Waals surface area (Å²) in [7, 11) is 4.08. The number of carbonyl (C=O) groups excluding carboxylic acids is 3. The molecule has 0 rings (SSSR count). The molecule has 0 amide bonds. The topological polar surface area (TPSA) is 94.2 Å². The third-order valence-electron chi connectivity index (χ3n) is 9.17. The Kier molecular flexibility index (Phi) is 37.4. The first-order chi connectivity index (χ1) is 24.9. The molecule has 0 radical (unpaired) electrons. The molecule has 0 aliphatic carbocycles. The Morgan fingerprint density at radius 1 is 0.529 bits per heavy atom. The molecule has 298 valence electrons. The quantitative estimate of drug-likeness (QED) is 0.0292. The van der Waals surface area contributed by atoms with Crippen molar-refractivity contribution in [3.8, 4) is 0 Å². The fraction of sp³-hybridized carbons (Fsp3) is 0.837. The molecule has 51 heavy (non-hydrogen) atoms. The van der Waals surface area contributed by atoms with E-state index in [9.17, 15) is 14.4 Å². The van der Waals surface area contributed by atoms with E-state index in [-0.39, 0.29) is 17.9 Å². The van der Waals surface area contributed by atoms with Crippen molar-refractivity contribution < 1.29 is 28.6 Å². The summed E-state index contributed by atoms with van der Waals surface area (Å²) in [6.45, 7) is 8.15. The number of hydrogen-bond donors (Lipinski definition) is 1. The minimum Gasteiger partial charge on any atom is -0.465 e. The van der Waals surface area contributed by atoms with Crippen molar-refractivity contribution in [3.05, 3.63) is 24.3 Å². The largest absolute Gasteiger partial charge is 0.465 e. The van der Waals surface area contributed by atoms with Crippen LogP contribution < -0.4 is 5.32 Å². The van der Waals surface area contributed by atoms with E-state index in [4.69, 9.17) is 14.2 Å². The summed E-state index contributed by atoms with van der Waals surface area (Å²) in [5.74, 6) is 0.0502. The van der Waals surface area contributed by atoms with Gasteiger partial charge in [0.15, 0.2) is 0 Å². The molecule has 0 atom stereocenters. The van der Waals surface area contributed by atoms with Crippen LogP contribution in [-0.4, -0.2) is 76.4 Å². The van der Waals surface area contributed by atoms with Crippen LogP contribution in [0.5, 0.6) is 0 Å². The number of carbonyl (C=O) groups is 3. The summed E-state index contributed by atoms with van der Waals surface area (Å²) in [5, 5.41) is 3.31. The van der Waals surface area contributed by atoms with Crippen molar-refractivity contribution in [2.24, 2.45) is 5.92 Å².